The predicted molar refractivity (Wildman–Crippen MR) is 70.4 cm³/mol. The Hall–Kier alpha value is -1.71. The minimum Gasteiger partial charge on any atom is -0.495 e. The Labute approximate surface area is 107 Å². The van der Waals surface area contributed by atoms with E-state index < -0.39 is 5.97 Å². The minimum absolute atomic E-state index is 0.281. The van der Waals surface area contributed by atoms with E-state index in [1.165, 1.54) is 12.8 Å². The Morgan fingerprint density at radius 3 is 2.78 bits per heavy atom. The average molecular weight is 249 g/mol. The number of aromatic carboxylic acids is 1. The van der Waals surface area contributed by atoms with Crippen LogP contribution in [0.5, 0.6) is 5.75 Å². The quantitative estimate of drug-likeness (QED) is 0.861. The molecule has 1 aromatic rings. The van der Waals surface area contributed by atoms with Gasteiger partial charge in [0.15, 0.2) is 0 Å². The lowest BCUT2D eigenvalue weighted by atomic mass is 10.1. The fourth-order valence-electron chi connectivity index (χ4n) is 2.51. The molecule has 1 aliphatic carbocycles. The highest BCUT2D eigenvalue weighted by atomic mass is 16.5. The molecule has 2 N–H and O–H groups in total. The van der Waals surface area contributed by atoms with Crippen molar-refractivity contribution in [1.82, 2.24) is 0 Å². The fourth-order valence-corrected chi connectivity index (χ4v) is 2.51. The van der Waals surface area contributed by atoms with Crippen molar-refractivity contribution in [2.24, 2.45) is 5.92 Å². The van der Waals surface area contributed by atoms with Crippen LogP contribution in [0, 0.1) is 5.92 Å². The number of nitrogens with one attached hydrogen (secondary N) is 1. The number of carboxylic acid groups (broad SMARTS) is 1. The molecule has 2 unspecified atom stereocenters. The molecule has 4 nitrogen and oxygen atoms in total. The Morgan fingerprint density at radius 1 is 1.44 bits per heavy atom. The van der Waals surface area contributed by atoms with E-state index in [0.29, 0.717) is 17.7 Å². The van der Waals surface area contributed by atoms with E-state index >= 15 is 0 Å². The van der Waals surface area contributed by atoms with Crippen LogP contribution < -0.4 is 10.1 Å². The highest BCUT2D eigenvalue weighted by molar-refractivity contribution is 5.89. The summed E-state index contributed by atoms with van der Waals surface area (Å²) in [7, 11) is 1.60. The van der Waals surface area contributed by atoms with Gasteiger partial charge in [0.2, 0.25) is 0 Å². The first kappa shape index (κ1) is 12.7. The van der Waals surface area contributed by atoms with Crippen molar-refractivity contribution in [3.05, 3.63) is 23.8 Å². The number of methoxy groups -OCH3 is 1. The smallest absolute Gasteiger partial charge is 0.335 e. The lowest BCUT2D eigenvalue weighted by Crippen LogP contribution is -2.22. The number of anilines is 1. The Balaban J connectivity index is 2.23. The van der Waals surface area contributed by atoms with Gasteiger partial charge in [-0.05, 0) is 37.0 Å². The van der Waals surface area contributed by atoms with Crippen LogP contribution in [0.15, 0.2) is 18.2 Å². The molecule has 0 saturated heterocycles. The zero-order valence-corrected chi connectivity index (χ0v) is 10.8. The van der Waals surface area contributed by atoms with Crippen molar-refractivity contribution in [3.63, 3.8) is 0 Å². The van der Waals surface area contributed by atoms with Crippen molar-refractivity contribution in [2.75, 3.05) is 12.4 Å². The van der Waals surface area contributed by atoms with Crippen LogP contribution >= 0.6 is 0 Å². The van der Waals surface area contributed by atoms with E-state index in [1.807, 2.05) is 0 Å². The molecule has 98 valence electrons. The number of hydrogen-bond donors (Lipinski definition) is 2. The fraction of sp³-hybridized carbons (Fsp3) is 0.500. The summed E-state index contributed by atoms with van der Waals surface area (Å²) in [6.45, 7) is 2.22. The zero-order valence-electron chi connectivity index (χ0n) is 10.8. The molecule has 0 spiro atoms. The Morgan fingerprint density at radius 2 is 2.22 bits per heavy atom. The number of benzene rings is 1. The molecule has 0 heterocycles. The largest absolute Gasteiger partial charge is 0.495 e. The Bertz CT molecular complexity index is 445. The topological polar surface area (TPSA) is 58.6 Å². The molecule has 0 aromatic heterocycles. The highest BCUT2D eigenvalue weighted by Crippen LogP contribution is 2.32. The van der Waals surface area contributed by atoms with E-state index in [9.17, 15) is 4.79 Å². The zero-order chi connectivity index (χ0) is 13.1. The van der Waals surface area contributed by atoms with Crippen molar-refractivity contribution in [3.8, 4) is 5.75 Å². The first-order chi connectivity index (χ1) is 8.61. The summed E-state index contributed by atoms with van der Waals surface area (Å²) in [5.41, 5.74) is 1.06. The second kappa shape index (κ2) is 5.29. The SMILES string of the molecule is COc1ccc(C(=O)O)cc1NC1CCCC1C. The number of ether oxygens (including phenoxy) is 1. The van der Waals surface area contributed by atoms with Crippen LogP contribution in [0.3, 0.4) is 0 Å². The van der Waals surface area contributed by atoms with Gasteiger partial charge in [-0.1, -0.05) is 13.3 Å². The molecule has 2 atom stereocenters. The van der Waals surface area contributed by atoms with Gasteiger partial charge in [0, 0.05) is 6.04 Å². The molecule has 2 rings (SSSR count). The molecule has 0 aliphatic heterocycles. The van der Waals surface area contributed by atoms with Crippen LogP contribution in [0.1, 0.15) is 36.5 Å². The van der Waals surface area contributed by atoms with E-state index in [1.54, 1.807) is 25.3 Å². The standard InChI is InChI=1S/C14H19NO3/c1-9-4-3-5-11(9)15-12-8-10(14(16)17)6-7-13(12)18-2/h6-9,11,15H,3-5H2,1-2H3,(H,16,17). The maximum atomic E-state index is 11.0. The lowest BCUT2D eigenvalue weighted by molar-refractivity contribution is 0.0697. The van der Waals surface area contributed by atoms with Crippen LogP contribution in [0.4, 0.5) is 5.69 Å². The summed E-state index contributed by atoms with van der Waals surface area (Å²) in [5, 5.41) is 12.4. The normalized spacial score (nSPS) is 22.8. The molecule has 1 fully saturated rings. The molecule has 0 amide bonds. The maximum Gasteiger partial charge on any atom is 0.335 e. The van der Waals surface area contributed by atoms with Gasteiger partial charge >= 0.3 is 5.97 Å². The molecule has 0 bridgehead atoms. The molecule has 1 aliphatic rings. The summed E-state index contributed by atoms with van der Waals surface area (Å²) in [6, 6.07) is 5.31. The summed E-state index contributed by atoms with van der Waals surface area (Å²) in [6.07, 6.45) is 3.57. The molecule has 1 aromatic carbocycles. The van der Waals surface area contributed by atoms with Gasteiger partial charge < -0.3 is 15.2 Å². The van der Waals surface area contributed by atoms with Gasteiger partial charge in [0.25, 0.3) is 0 Å². The first-order valence-electron chi connectivity index (χ1n) is 6.29. The van der Waals surface area contributed by atoms with Crippen molar-refractivity contribution in [1.29, 1.82) is 0 Å². The third kappa shape index (κ3) is 2.58. The second-order valence-corrected chi connectivity index (χ2v) is 4.88. The van der Waals surface area contributed by atoms with Crippen LogP contribution in [0.2, 0.25) is 0 Å². The van der Waals surface area contributed by atoms with Crippen LogP contribution in [0.25, 0.3) is 0 Å². The molecule has 1 saturated carbocycles. The van der Waals surface area contributed by atoms with Crippen molar-refractivity contribution < 1.29 is 14.6 Å². The predicted octanol–water partition coefficient (Wildman–Crippen LogP) is 2.99. The molecule has 4 heteroatoms. The highest BCUT2D eigenvalue weighted by Gasteiger charge is 2.24. The van der Waals surface area contributed by atoms with E-state index in [2.05, 4.69) is 12.2 Å². The minimum atomic E-state index is -0.917. The van der Waals surface area contributed by atoms with E-state index in [4.69, 9.17) is 9.84 Å². The number of rotatable bonds is 4. The Kier molecular flexibility index (Phi) is 3.75. The summed E-state index contributed by atoms with van der Waals surface area (Å²) < 4.78 is 5.27. The summed E-state index contributed by atoms with van der Waals surface area (Å²) in [5.74, 6) is 0.391. The van der Waals surface area contributed by atoms with Gasteiger partial charge in [0.05, 0.1) is 18.4 Å². The first-order valence-corrected chi connectivity index (χ1v) is 6.29. The van der Waals surface area contributed by atoms with Crippen molar-refractivity contribution in [2.45, 2.75) is 32.2 Å². The second-order valence-electron chi connectivity index (χ2n) is 4.88. The van der Waals surface area contributed by atoms with E-state index in [0.717, 1.165) is 12.1 Å². The monoisotopic (exact) mass is 249 g/mol. The van der Waals surface area contributed by atoms with Gasteiger partial charge in [-0.2, -0.15) is 0 Å². The third-order valence-corrected chi connectivity index (χ3v) is 3.65. The molecule has 0 radical (unpaired) electrons. The third-order valence-electron chi connectivity index (χ3n) is 3.65. The van der Waals surface area contributed by atoms with Crippen LogP contribution in [-0.2, 0) is 0 Å². The number of carboxylic acids is 1. The van der Waals surface area contributed by atoms with Gasteiger partial charge in [-0.3, -0.25) is 0 Å². The molecular weight excluding hydrogens is 230 g/mol. The molecule has 18 heavy (non-hydrogen) atoms. The summed E-state index contributed by atoms with van der Waals surface area (Å²) >= 11 is 0. The number of hydrogen-bond acceptors (Lipinski definition) is 3. The average Bonchev–Trinajstić information content (AvgIpc) is 2.75. The van der Waals surface area contributed by atoms with Crippen LogP contribution in [-0.4, -0.2) is 24.2 Å². The van der Waals surface area contributed by atoms with Crippen molar-refractivity contribution >= 4 is 11.7 Å². The van der Waals surface area contributed by atoms with Gasteiger partial charge in [-0.25, -0.2) is 4.79 Å². The number of carbonyl (C=O) groups is 1. The lowest BCUT2D eigenvalue weighted by Gasteiger charge is -2.20. The van der Waals surface area contributed by atoms with Gasteiger partial charge in [-0.15, -0.1) is 0 Å². The molecular formula is C14H19NO3. The van der Waals surface area contributed by atoms with E-state index in [-0.39, 0.29) is 5.56 Å². The van der Waals surface area contributed by atoms with Gasteiger partial charge in [0.1, 0.15) is 5.75 Å². The maximum absolute atomic E-state index is 11.0. The summed E-state index contributed by atoms with van der Waals surface area (Å²) in [4.78, 5) is 11.0.